The van der Waals surface area contributed by atoms with Gasteiger partial charge in [-0.05, 0) is 48.7 Å². The maximum Gasteiger partial charge on any atom is 0.335 e. The highest BCUT2D eigenvalue weighted by atomic mass is 16.5. The summed E-state index contributed by atoms with van der Waals surface area (Å²) in [5.74, 6) is -0.443. The highest BCUT2D eigenvalue weighted by Gasteiger charge is 2.17. The van der Waals surface area contributed by atoms with Crippen LogP contribution >= 0.6 is 0 Å². The number of hydrogen-bond acceptors (Lipinski definition) is 4. The molecule has 1 saturated heterocycles. The van der Waals surface area contributed by atoms with Crippen LogP contribution in [-0.4, -0.2) is 48.2 Å². The van der Waals surface area contributed by atoms with Crippen molar-refractivity contribution in [1.82, 2.24) is 4.90 Å². The summed E-state index contributed by atoms with van der Waals surface area (Å²) in [5, 5.41) is 8.95. The highest BCUT2D eigenvalue weighted by Crippen LogP contribution is 2.18. The van der Waals surface area contributed by atoms with Gasteiger partial charge in [0.1, 0.15) is 12.4 Å². The molecule has 0 aromatic heterocycles. The van der Waals surface area contributed by atoms with E-state index in [-0.39, 0.29) is 17.6 Å². The first-order valence-electron chi connectivity index (χ1n) is 8.95. The van der Waals surface area contributed by atoms with Gasteiger partial charge in [0.25, 0.3) is 5.91 Å². The lowest BCUT2D eigenvalue weighted by Crippen LogP contribution is -2.26. The van der Waals surface area contributed by atoms with Gasteiger partial charge in [-0.2, -0.15) is 0 Å². The molecule has 0 aliphatic carbocycles. The topological polar surface area (TPSA) is 76.1 Å². The van der Waals surface area contributed by atoms with Crippen molar-refractivity contribution in [3.05, 3.63) is 65.2 Å². The Bertz CT molecular complexity index is 796. The van der Waals surface area contributed by atoms with Gasteiger partial charge in [-0.3, -0.25) is 4.79 Å². The van der Waals surface area contributed by atoms with Crippen molar-refractivity contribution in [1.29, 1.82) is 0 Å². The van der Waals surface area contributed by atoms with Crippen molar-refractivity contribution in [3.63, 3.8) is 0 Å². The molecule has 1 unspecified atom stereocenters. The molecule has 0 radical (unpaired) electrons. The summed E-state index contributed by atoms with van der Waals surface area (Å²) in [6, 6.07) is 13.6. The Labute approximate surface area is 158 Å². The number of aromatic carboxylic acids is 1. The Morgan fingerprint density at radius 2 is 1.96 bits per heavy atom. The van der Waals surface area contributed by atoms with Gasteiger partial charge >= 0.3 is 5.97 Å². The molecule has 1 aliphatic heterocycles. The molecular weight excluding hydrogens is 346 g/mol. The lowest BCUT2D eigenvalue weighted by molar-refractivity contribution is 0.0677. The molecule has 1 heterocycles. The van der Waals surface area contributed by atoms with E-state index >= 15 is 0 Å². The number of benzene rings is 2. The van der Waals surface area contributed by atoms with Crippen LogP contribution in [0, 0.1) is 0 Å². The van der Waals surface area contributed by atoms with Crippen LogP contribution in [0.1, 0.15) is 39.1 Å². The van der Waals surface area contributed by atoms with E-state index in [2.05, 4.69) is 0 Å². The fraction of sp³-hybridized carbons (Fsp3) is 0.333. The van der Waals surface area contributed by atoms with Crippen molar-refractivity contribution in [3.8, 4) is 5.75 Å². The average Bonchev–Trinajstić information content (AvgIpc) is 3.20. The molecule has 0 saturated carbocycles. The maximum absolute atomic E-state index is 12.7. The Balaban J connectivity index is 1.60. The van der Waals surface area contributed by atoms with Gasteiger partial charge in [-0.15, -0.1) is 0 Å². The number of amides is 1. The number of carboxylic acid groups (broad SMARTS) is 1. The van der Waals surface area contributed by atoms with Crippen LogP contribution in [0.25, 0.3) is 0 Å². The van der Waals surface area contributed by atoms with Crippen LogP contribution in [0.2, 0.25) is 0 Å². The van der Waals surface area contributed by atoms with Gasteiger partial charge in [-0.25, -0.2) is 4.79 Å². The number of rotatable bonds is 7. The van der Waals surface area contributed by atoms with Gasteiger partial charge in [0, 0.05) is 25.8 Å². The molecule has 1 aliphatic rings. The summed E-state index contributed by atoms with van der Waals surface area (Å²) in [5.41, 5.74) is 1.63. The molecule has 0 bridgehead atoms. The summed E-state index contributed by atoms with van der Waals surface area (Å²) < 4.78 is 11.3. The van der Waals surface area contributed by atoms with E-state index < -0.39 is 5.97 Å². The third kappa shape index (κ3) is 5.08. The van der Waals surface area contributed by atoms with Crippen LogP contribution in [-0.2, 0) is 11.3 Å². The first-order chi connectivity index (χ1) is 13.0. The number of carbonyl (C=O) groups is 2. The Morgan fingerprint density at radius 1 is 1.19 bits per heavy atom. The van der Waals surface area contributed by atoms with E-state index in [1.165, 1.54) is 12.1 Å². The number of carbonyl (C=O) groups excluding carboxylic acids is 1. The molecule has 1 atom stereocenters. The van der Waals surface area contributed by atoms with Gasteiger partial charge < -0.3 is 19.5 Å². The second-order valence-corrected chi connectivity index (χ2v) is 6.64. The Hall–Kier alpha value is -2.86. The smallest absolute Gasteiger partial charge is 0.335 e. The molecule has 6 nitrogen and oxygen atoms in total. The third-order valence-electron chi connectivity index (χ3n) is 4.51. The lowest BCUT2D eigenvalue weighted by Gasteiger charge is -2.18. The summed E-state index contributed by atoms with van der Waals surface area (Å²) in [6.07, 6.45) is 2.19. The predicted octanol–water partition coefficient (Wildman–Crippen LogP) is 3.21. The van der Waals surface area contributed by atoms with E-state index in [0.717, 1.165) is 25.0 Å². The number of carboxylic acids is 1. The number of nitrogens with zero attached hydrogens (tertiary/aromatic N) is 1. The molecule has 1 amide bonds. The molecule has 3 rings (SSSR count). The van der Waals surface area contributed by atoms with Gasteiger partial charge in [0.15, 0.2) is 0 Å². The first kappa shape index (κ1) is 18.9. The zero-order valence-corrected chi connectivity index (χ0v) is 15.3. The molecule has 142 valence electrons. The minimum Gasteiger partial charge on any atom is -0.491 e. The van der Waals surface area contributed by atoms with Crippen molar-refractivity contribution in [2.75, 3.05) is 20.3 Å². The zero-order chi connectivity index (χ0) is 19.2. The minimum absolute atomic E-state index is 0.125. The van der Waals surface area contributed by atoms with Crippen molar-refractivity contribution in [2.45, 2.75) is 25.5 Å². The Morgan fingerprint density at radius 3 is 2.63 bits per heavy atom. The molecular formula is C21H23NO5. The molecule has 27 heavy (non-hydrogen) atoms. The summed E-state index contributed by atoms with van der Waals surface area (Å²) in [4.78, 5) is 25.2. The average molecular weight is 369 g/mol. The van der Waals surface area contributed by atoms with E-state index in [9.17, 15) is 9.59 Å². The molecule has 2 aromatic rings. The number of ether oxygens (including phenoxy) is 2. The van der Waals surface area contributed by atoms with Crippen LogP contribution in [0.3, 0.4) is 0 Å². The van der Waals surface area contributed by atoms with E-state index in [4.69, 9.17) is 14.6 Å². The summed E-state index contributed by atoms with van der Waals surface area (Å²) in [6.45, 7) is 1.66. The lowest BCUT2D eigenvalue weighted by atomic mass is 10.1. The predicted molar refractivity (Wildman–Crippen MR) is 100 cm³/mol. The SMILES string of the molecule is CN(Cc1ccc(C(=O)O)cc1)C(=O)c1cccc(OCC2CCCO2)c1. The van der Waals surface area contributed by atoms with Crippen molar-refractivity contribution < 1.29 is 24.2 Å². The minimum atomic E-state index is -0.967. The summed E-state index contributed by atoms with van der Waals surface area (Å²) >= 11 is 0. The fourth-order valence-electron chi connectivity index (χ4n) is 3.00. The summed E-state index contributed by atoms with van der Waals surface area (Å²) in [7, 11) is 1.72. The number of hydrogen-bond donors (Lipinski definition) is 1. The van der Waals surface area contributed by atoms with Crippen molar-refractivity contribution >= 4 is 11.9 Å². The quantitative estimate of drug-likeness (QED) is 0.811. The molecule has 6 heteroatoms. The maximum atomic E-state index is 12.7. The van der Waals surface area contributed by atoms with Gasteiger partial charge in [0.05, 0.1) is 11.7 Å². The van der Waals surface area contributed by atoms with E-state index in [0.29, 0.717) is 24.5 Å². The van der Waals surface area contributed by atoms with Crippen LogP contribution in [0.4, 0.5) is 0 Å². The molecule has 1 fully saturated rings. The largest absolute Gasteiger partial charge is 0.491 e. The third-order valence-corrected chi connectivity index (χ3v) is 4.51. The van der Waals surface area contributed by atoms with Crippen LogP contribution in [0.15, 0.2) is 48.5 Å². The second-order valence-electron chi connectivity index (χ2n) is 6.64. The second kappa shape index (κ2) is 8.68. The monoisotopic (exact) mass is 369 g/mol. The van der Waals surface area contributed by atoms with Crippen LogP contribution in [0.5, 0.6) is 5.75 Å². The first-order valence-corrected chi connectivity index (χ1v) is 8.95. The fourth-order valence-corrected chi connectivity index (χ4v) is 3.00. The molecule has 0 spiro atoms. The van der Waals surface area contributed by atoms with Crippen LogP contribution < -0.4 is 4.74 Å². The van der Waals surface area contributed by atoms with Gasteiger partial charge in [-0.1, -0.05) is 18.2 Å². The van der Waals surface area contributed by atoms with E-state index in [1.54, 1.807) is 42.3 Å². The van der Waals surface area contributed by atoms with Gasteiger partial charge in [0.2, 0.25) is 0 Å². The zero-order valence-electron chi connectivity index (χ0n) is 15.3. The Kier molecular flexibility index (Phi) is 6.08. The van der Waals surface area contributed by atoms with E-state index in [1.807, 2.05) is 6.07 Å². The normalized spacial score (nSPS) is 16.1. The molecule has 2 aromatic carbocycles. The highest BCUT2D eigenvalue weighted by molar-refractivity contribution is 5.94. The standard InChI is InChI=1S/C21H23NO5/c1-22(13-15-7-9-16(10-8-15)21(24)25)20(23)17-4-2-5-18(12-17)27-14-19-6-3-11-26-19/h2,4-5,7-10,12,19H,3,6,11,13-14H2,1H3,(H,24,25). The molecule has 1 N–H and O–H groups in total. The van der Waals surface area contributed by atoms with Crippen molar-refractivity contribution in [2.24, 2.45) is 0 Å².